The van der Waals surface area contributed by atoms with Gasteiger partial charge in [0.15, 0.2) is 0 Å². The third-order valence-corrected chi connectivity index (χ3v) is 4.07. The lowest BCUT2D eigenvalue weighted by Gasteiger charge is -2.16. The molecule has 1 nitrogen and oxygen atoms in total. The number of alkyl halides is 1. The van der Waals surface area contributed by atoms with Gasteiger partial charge < -0.3 is 4.74 Å². The molecule has 0 bridgehead atoms. The molecule has 0 N–H and O–H groups in total. The van der Waals surface area contributed by atoms with Gasteiger partial charge >= 0.3 is 0 Å². The monoisotopic (exact) mass is 276 g/mol. The van der Waals surface area contributed by atoms with Crippen LogP contribution in [0.5, 0.6) is 0 Å². The summed E-state index contributed by atoms with van der Waals surface area (Å²) in [6.45, 7) is 2.68. The van der Waals surface area contributed by atoms with Crippen LogP contribution >= 0.6 is 23.2 Å². The molecule has 1 aliphatic rings. The summed E-state index contributed by atoms with van der Waals surface area (Å²) in [7, 11) is 0. The molecular formula is C13H15Cl2FO. The van der Waals surface area contributed by atoms with E-state index in [9.17, 15) is 4.39 Å². The third kappa shape index (κ3) is 3.12. The molecule has 0 aliphatic carbocycles. The first-order valence-corrected chi connectivity index (χ1v) is 6.58. The fourth-order valence-corrected chi connectivity index (χ4v) is 2.76. The Kier molecular flexibility index (Phi) is 4.29. The van der Waals surface area contributed by atoms with Crippen molar-refractivity contribution in [1.29, 1.82) is 0 Å². The number of rotatable bonds is 3. The molecule has 0 saturated carbocycles. The van der Waals surface area contributed by atoms with E-state index in [2.05, 4.69) is 0 Å². The highest BCUT2D eigenvalue weighted by Crippen LogP contribution is 2.30. The molecule has 0 spiro atoms. The van der Waals surface area contributed by atoms with Gasteiger partial charge in [-0.15, -0.1) is 11.6 Å². The van der Waals surface area contributed by atoms with Gasteiger partial charge in [0.2, 0.25) is 0 Å². The van der Waals surface area contributed by atoms with Crippen LogP contribution in [0.4, 0.5) is 4.39 Å². The van der Waals surface area contributed by atoms with Gasteiger partial charge in [0.05, 0.1) is 12.7 Å². The number of halogens is 3. The molecule has 1 fully saturated rings. The normalized spacial score (nSPS) is 26.1. The van der Waals surface area contributed by atoms with Crippen LogP contribution < -0.4 is 0 Å². The van der Waals surface area contributed by atoms with Gasteiger partial charge in [-0.05, 0) is 31.9 Å². The molecule has 0 amide bonds. The van der Waals surface area contributed by atoms with E-state index in [1.54, 1.807) is 12.1 Å². The minimum absolute atomic E-state index is 0.130. The van der Waals surface area contributed by atoms with E-state index in [-0.39, 0.29) is 23.2 Å². The first kappa shape index (κ1) is 13.1. The van der Waals surface area contributed by atoms with Crippen molar-refractivity contribution >= 4 is 23.2 Å². The summed E-state index contributed by atoms with van der Waals surface area (Å²) in [5.74, 6) is -0.00236. The maximum Gasteiger partial charge on any atom is 0.127 e. The smallest absolute Gasteiger partial charge is 0.127 e. The van der Waals surface area contributed by atoms with Crippen LogP contribution in [0.25, 0.3) is 0 Å². The predicted molar refractivity (Wildman–Crippen MR) is 68.3 cm³/mol. The second-order valence-corrected chi connectivity index (χ2v) is 5.53. The largest absolute Gasteiger partial charge is 0.378 e. The van der Waals surface area contributed by atoms with Crippen molar-refractivity contribution in [2.75, 3.05) is 6.61 Å². The zero-order chi connectivity index (χ0) is 12.4. The average molecular weight is 277 g/mol. The second-order valence-electron chi connectivity index (χ2n) is 4.56. The quantitative estimate of drug-likeness (QED) is 0.757. The minimum Gasteiger partial charge on any atom is -0.378 e. The first-order valence-electron chi connectivity index (χ1n) is 5.76. The van der Waals surface area contributed by atoms with E-state index in [4.69, 9.17) is 27.9 Å². The fraction of sp³-hybridized carbons (Fsp3) is 0.538. The molecule has 4 heteroatoms. The van der Waals surface area contributed by atoms with Crippen LogP contribution in [0.3, 0.4) is 0 Å². The van der Waals surface area contributed by atoms with E-state index >= 15 is 0 Å². The first-order chi connectivity index (χ1) is 8.08. The summed E-state index contributed by atoms with van der Waals surface area (Å²) in [5, 5.41) is 0.317. The summed E-state index contributed by atoms with van der Waals surface area (Å²) >= 11 is 12.3. The van der Waals surface area contributed by atoms with Crippen LogP contribution in [0, 0.1) is 11.7 Å². The van der Waals surface area contributed by atoms with Gasteiger partial charge in [0, 0.05) is 21.9 Å². The van der Waals surface area contributed by atoms with Crippen LogP contribution in [-0.4, -0.2) is 18.1 Å². The van der Waals surface area contributed by atoms with E-state index < -0.39 is 0 Å². The number of benzene rings is 1. The van der Waals surface area contributed by atoms with Crippen molar-refractivity contribution in [3.8, 4) is 0 Å². The lowest BCUT2D eigenvalue weighted by Crippen LogP contribution is -2.18. The zero-order valence-electron chi connectivity index (χ0n) is 9.63. The fourth-order valence-electron chi connectivity index (χ4n) is 2.19. The summed E-state index contributed by atoms with van der Waals surface area (Å²) < 4.78 is 19.1. The molecule has 1 saturated heterocycles. The summed E-state index contributed by atoms with van der Waals surface area (Å²) in [4.78, 5) is 0. The van der Waals surface area contributed by atoms with Crippen LogP contribution in [-0.2, 0) is 11.2 Å². The Morgan fingerprint density at radius 1 is 1.53 bits per heavy atom. The van der Waals surface area contributed by atoms with Gasteiger partial charge in [-0.25, -0.2) is 4.39 Å². The molecular weight excluding hydrogens is 262 g/mol. The van der Waals surface area contributed by atoms with E-state index in [0.717, 1.165) is 6.42 Å². The van der Waals surface area contributed by atoms with Crippen LogP contribution in [0.1, 0.15) is 18.9 Å². The zero-order valence-corrected chi connectivity index (χ0v) is 11.1. The highest BCUT2D eigenvalue weighted by molar-refractivity contribution is 6.31. The van der Waals surface area contributed by atoms with E-state index in [1.807, 2.05) is 6.92 Å². The van der Waals surface area contributed by atoms with Crippen LogP contribution in [0.2, 0.25) is 5.02 Å². The van der Waals surface area contributed by atoms with E-state index in [1.165, 1.54) is 6.07 Å². The Bertz CT molecular complexity index is 377. The topological polar surface area (TPSA) is 9.23 Å². The molecule has 1 aromatic carbocycles. The highest BCUT2D eigenvalue weighted by atomic mass is 35.5. The maximum atomic E-state index is 13.6. The van der Waals surface area contributed by atoms with Gasteiger partial charge in [-0.3, -0.25) is 0 Å². The summed E-state index contributed by atoms with van der Waals surface area (Å²) in [6, 6.07) is 4.71. The summed E-state index contributed by atoms with van der Waals surface area (Å²) in [5.41, 5.74) is 0.508. The molecule has 1 heterocycles. The van der Waals surface area contributed by atoms with Gasteiger partial charge in [-0.1, -0.05) is 17.7 Å². The lowest BCUT2D eigenvalue weighted by molar-refractivity contribution is 0.119. The minimum atomic E-state index is -0.282. The Balaban J connectivity index is 2.05. The molecule has 0 radical (unpaired) electrons. The second kappa shape index (κ2) is 5.55. The van der Waals surface area contributed by atoms with E-state index in [0.29, 0.717) is 23.6 Å². The Morgan fingerprint density at radius 2 is 2.29 bits per heavy atom. The SMILES string of the molecule is CC1CC(C(Cl)Cc2c(F)cccc2Cl)CO1. The summed E-state index contributed by atoms with van der Waals surface area (Å²) in [6.07, 6.45) is 1.63. The number of hydrogen-bond donors (Lipinski definition) is 0. The molecule has 17 heavy (non-hydrogen) atoms. The Morgan fingerprint density at radius 3 is 2.88 bits per heavy atom. The third-order valence-electron chi connectivity index (χ3n) is 3.20. The van der Waals surface area contributed by atoms with Gasteiger partial charge in [0.1, 0.15) is 5.82 Å². The Hall–Kier alpha value is -0.310. The molecule has 1 aromatic rings. The van der Waals surface area contributed by atoms with Crippen LogP contribution in [0.15, 0.2) is 18.2 Å². The van der Waals surface area contributed by atoms with Gasteiger partial charge in [0.25, 0.3) is 0 Å². The molecule has 1 aliphatic heterocycles. The highest BCUT2D eigenvalue weighted by Gasteiger charge is 2.29. The lowest BCUT2D eigenvalue weighted by atomic mass is 9.96. The van der Waals surface area contributed by atoms with Crippen molar-refractivity contribution in [1.82, 2.24) is 0 Å². The van der Waals surface area contributed by atoms with Crippen molar-refractivity contribution in [2.24, 2.45) is 5.92 Å². The van der Waals surface area contributed by atoms with Crippen molar-refractivity contribution in [3.05, 3.63) is 34.6 Å². The van der Waals surface area contributed by atoms with Crippen molar-refractivity contribution in [3.63, 3.8) is 0 Å². The number of hydrogen-bond acceptors (Lipinski definition) is 1. The standard InChI is InChI=1S/C13H15Cl2FO/c1-8-5-9(7-17-8)12(15)6-10-11(14)3-2-4-13(10)16/h2-4,8-9,12H,5-7H2,1H3. The average Bonchev–Trinajstić information content (AvgIpc) is 2.70. The maximum absolute atomic E-state index is 13.6. The molecule has 94 valence electrons. The molecule has 0 aromatic heterocycles. The van der Waals surface area contributed by atoms with Crippen molar-refractivity contribution < 1.29 is 9.13 Å². The predicted octanol–water partition coefficient (Wildman–Crippen LogP) is 4.05. The van der Waals surface area contributed by atoms with Crippen molar-refractivity contribution in [2.45, 2.75) is 31.2 Å². The number of ether oxygens (including phenoxy) is 1. The molecule has 3 atom stereocenters. The molecule has 3 unspecified atom stereocenters. The Labute approximate surface area is 111 Å². The molecule has 2 rings (SSSR count). The van der Waals surface area contributed by atoms with Gasteiger partial charge in [-0.2, -0.15) is 0 Å².